The highest BCUT2D eigenvalue weighted by atomic mass is 16.5. The molecule has 2 aromatic carbocycles. The quantitative estimate of drug-likeness (QED) is 0.226. The van der Waals surface area contributed by atoms with Gasteiger partial charge in [-0.1, -0.05) is 0 Å². The fourth-order valence-electron chi connectivity index (χ4n) is 5.17. The van der Waals surface area contributed by atoms with Crippen LogP contribution in [0.4, 0.5) is 0 Å². The second kappa shape index (κ2) is 9.79. The fraction of sp³-hybridized carbons (Fsp3) is 0.241. The Hall–Kier alpha value is -4.86. The van der Waals surface area contributed by atoms with Crippen LogP contribution in [-0.2, 0) is 11.3 Å². The minimum Gasteiger partial charge on any atom is -0.493 e. The van der Waals surface area contributed by atoms with E-state index in [1.807, 2.05) is 35.0 Å². The van der Waals surface area contributed by atoms with Gasteiger partial charge in [0.1, 0.15) is 5.75 Å². The molecule has 1 amide bonds. The Labute approximate surface area is 223 Å². The molecule has 0 aliphatic carbocycles. The summed E-state index contributed by atoms with van der Waals surface area (Å²) in [6.07, 6.45) is 7.18. The molecule has 198 valence electrons. The van der Waals surface area contributed by atoms with Crippen LogP contribution in [0.15, 0.2) is 66.1 Å². The molecule has 10 heteroatoms. The Morgan fingerprint density at radius 2 is 1.92 bits per heavy atom. The van der Waals surface area contributed by atoms with Crippen molar-refractivity contribution in [3.8, 4) is 17.2 Å². The molecular formula is C29H27N5O5. The lowest BCUT2D eigenvalue weighted by molar-refractivity contribution is -0.127. The molecule has 0 aliphatic heterocycles. The topological polar surface area (TPSA) is 109 Å². The van der Waals surface area contributed by atoms with Gasteiger partial charge in [0.2, 0.25) is 0 Å². The number of hydrogen-bond acceptors (Lipinski definition) is 7. The molecule has 0 saturated heterocycles. The number of methoxy groups -OCH3 is 2. The highest BCUT2D eigenvalue weighted by Crippen LogP contribution is 2.39. The van der Waals surface area contributed by atoms with Gasteiger partial charge >= 0.3 is 0 Å². The van der Waals surface area contributed by atoms with E-state index in [4.69, 9.17) is 14.2 Å². The molecule has 4 aromatic heterocycles. The van der Waals surface area contributed by atoms with Crippen molar-refractivity contribution in [1.29, 1.82) is 0 Å². The van der Waals surface area contributed by atoms with Crippen LogP contribution in [0, 0.1) is 0 Å². The summed E-state index contributed by atoms with van der Waals surface area (Å²) >= 11 is 0. The van der Waals surface area contributed by atoms with Gasteiger partial charge in [0, 0.05) is 47.8 Å². The molecule has 0 aliphatic rings. The van der Waals surface area contributed by atoms with E-state index in [9.17, 15) is 9.59 Å². The maximum absolute atomic E-state index is 13.9. The van der Waals surface area contributed by atoms with Crippen molar-refractivity contribution in [3.05, 3.63) is 71.7 Å². The molecular weight excluding hydrogens is 498 g/mol. The summed E-state index contributed by atoms with van der Waals surface area (Å²) in [6.45, 7) is 3.02. The first-order chi connectivity index (χ1) is 19.0. The first-order valence-corrected chi connectivity index (χ1v) is 12.6. The van der Waals surface area contributed by atoms with Gasteiger partial charge in [-0.15, -0.1) is 0 Å². The van der Waals surface area contributed by atoms with Crippen LogP contribution in [0.3, 0.4) is 0 Å². The molecule has 0 fully saturated rings. The van der Waals surface area contributed by atoms with Crippen molar-refractivity contribution in [2.45, 2.75) is 26.0 Å². The predicted molar refractivity (Wildman–Crippen MR) is 148 cm³/mol. The second-order valence-corrected chi connectivity index (χ2v) is 9.30. The van der Waals surface area contributed by atoms with E-state index >= 15 is 0 Å². The van der Waals surface area contributed by atoms with Crippen LogP contribution in [0.5, 0.6) is 17.2 Å². The van der Waals surface area contributed by atoms with E-state index in [0.717, 1.165) is 29.3 Å². The normalized spacial score (nSPS) is 12.4. The Bertz CT molecular complexity index is 1880. The van der Waals surface area contributed by atoms with E-state index in [1.54, 1.807) is 42.2 Å². The molecule has 6 rings (SSSR count). The smallest absolute Gasteiger partial charge is 0.267 e. The number of nitrogens with one attached hydrogen (secondary N) is 1. The van der Waals surface area contributed by atoms with Gasteiger partial charge in [0.15, 0.2) is 17.6 Å². The fourth-order valence-corrected chi connectivity index (χ4v) is 5.17. The summed E-state index contributed by atoms with van der Waals surface area (Å²) in [5, 5.41) is 5.70. The third kappa shape index (κ3) is 4.04. The van der Waals surface area contributed by atoms with Crippen molar-refractivity contribution in [3.63, 3.8) is 0 Å². The number of hydrogen-bond donors (Lipinski definition) is 1. The van der Waals surface area contributed by atoms with Crippen LogP contribution in [0.25, 0.3) is 38.1 Å². The van der Waals surface area contributed by atoms with E-state index in [1.165, 1.54) is 14.2 Å². The van der Waals surface area contributed by atoms with Crippen LogP contribution in [0.1, 0.15) is 13.3 Å². The summed E-state index contributed by atoms with van der Waals surface area (Å²) in [4.78, 5) is 35.2. The third-order valence-electron chi connectivity index (χ3n) is 7.00. The number of aromatic nitrogens is 4. The molecule has 0 bridgehead atoms. The first kappa shape index (κ1) is 24.5. The van der Waals surface area contributed by atoms with Gasteiger partial charge in [0.25, 0.3) is 11.5 Å². The molecule has 10 nitrogen and oxygen atoms in total. The average Bonchev–Trinajstić information content (AvgIpc) is 3.59. The van der Waals surface area contributed by atoms with E-state index in [2.05, 4.69) is 15.3 Å². The summed E-state index contributed by atoms with van der Waals surface area (Å²) in [6, 6.07) is 11.0. The van der Waals surface area contributed by atoms with Crippen molar-refractivity contribution in [2.75, 3.05) is 20.8 Å². The lowest BCUT2D eigenvalue weighted by Gasteiger charge is -2.15. The van der Waals surface area contributed by atoms with Crippen molar-refractivity contribution < 1.29 is 19.0 Å². The van der Waals surface area contributed by atoms with Gasteiger partial charge in [-0.25, -0.2) is 4.98 Å². The highest BCUT2D eigenvalue weighted by Gasteiger charge is 2.23. The summed E-state index contributed by atoms with van der Waals surface area (Å²) in [5.41, 5.74) is 1.89. The Kier molecular flexibility index (Phi) is 6.14. The van der Waals surface area contributed by atoms with E-state index < -0.39 is 6.10 Å². The predicted octanol–water partition coefficient (Wildman–Crippen LogP) is 3.78. The zero-order chi connectivity index (χ0) is 27.1. The van der Waals surface area contributed by atoms with Gasteiger partial charge in [0.05, 0.1) is 42.5 Å². The average molecular weight is 526 g/mol. The zero-order valence-corrected chi connectivity index (χ0v) is 21.8. The number of amides is 1. The number of carbonyl (C=O) groups is 1. The molecule has 0 radical (unpaired) electrons. The van der Waals surface area contributed by atoms with Gasteiger partial charge in [-0.3, -0.25) is 19.0 Å². The second-order valence-electron chi connectivity index (χ2n) is 9.30. The summed E-state index contributed by atoms with van der Waals surface area (Å²) in [5.74, 6) is 1.18. The SMILES string of the molecule is COc1ccc2c(c1OC)c(=O)n1c3ccc(OC(C)C(=O)NCCCn4ccnc4)cc3c3ccnc2c31. The number of imidazole rings is 1. The summed E-state index contributed by atoms with van der Waals surface area (Å²) < 4.78 is 20.7. The van der Waals surface area contributed by atoms with Gasteiger partial charge in [-0.2, -0.15) is 0 Å². The van der Waals surface area contributed by atoms with Crippen LogP contribution >= 0.6 is 0 Å². The van der Waals surface area contributed by atoms with Gasteiger partial charge < -0.3 is 24.1 Å². The molecule has 0 saturated carbocycles. The third-order valence-corrected chi connectivity index (χ3v) is 7.00. The standard InChI is InChI=1S/C29H27N5O5/c1-17(28(35)32-10-4-13-33-14-12-30-16-33)39-18-5-7-22-21(15-18)19-9-11-31-25-20-6-8-23(37-2)27(38-3)24(20)29(36)34(22)26(19)25/h5-9,11-12,14-17H,4,10,13H2,1-3H3,(H,32,35). The van der Waals surface area contributed by atoms with E-state index in [-0.39, 0.29) is 11.5 Å². The molecule has 1 atom stereocenters. The number of nitrogens with zero attached hydrogens (tertiary/aromatic N) is 4. The minimum atomic E-state index is -0.695. The van der Waals surface area contributed by atoms with Crippen LogP contribution in [0.2, 0.25) is 0 Å². The maximum Gasteiger partial charge on any atom is 0.267 e. The lowest BCUT2D eigenvalue weighted by atomic mass is 10.1. The zero-order valence-electron chi connectivity index (χ0n) is 21.8. The van der Waals surface area contributed by atoms with Crippen LogP contribution < -0.4 is 25.1 Å². The molecule has 6 aromatic rings. The van der Waals surface area contributed by atoms with Gasteiger partial charge in [-0.05, 0) is 49.7 Å². The number of ether oxygens (including phenoxy) is 3. The molecule has 1 unspecified atom stereocenters. The van der Waals surface area contributed by atoms with Crippen molar-refractivity contribution >= 4 is 44.0 Å². The molecule has 4 heterocycles. The monoisotopic (exact) mass is 525 g/mol. The summed E-state index contributed by atoms with van der Waals surface area (Å²) in [7, 11) is 3.06. The molecule has 1 N–H and O–H groups in total. The molecule has 39 heavy (non-hydrogen) atoms. The van der Waals surface area contributed by atoms with Crippen molar-refractivity contribution in [2.24, 2.45) is 0 Å². The Morgan fingerprint density at radius 1 is 1.05 bits per heavy atom. The minimum absolute atomic E-state index is 0.195. The number of rotatable bonds is 9. The lowest BCUT2D eigenvalue weighted by Crippen LogP contribution is -2.37. The van der Waals surface area contributed by atoms with E-state index in [0.29, 0.717) is 45.6 Å². The van der Waals surface area contributed by atoms with Crippen LogP contribution in [-0.4, -0.2) is 51.7 Å². The number of carbonyl (C=O) groups excluding carboxylic acids is 1. The largest absolute Gasteiger partial charge is 0.493 e. The number of fused-ring (bicyclic) bond motifs is 5. The maximum atomic E-state index is 13.9. The number of benzene rings is 2. The number of aryl methyl sites for hydroxylation is 1. The Morgan fingerprint density at radius 3 is 2.69 bits per heavy atom. The Balaban J connectivity index is 1.34. The van der Waals surface area contributed by atoms with Crippen molar-refractivity contribution in [1.82, 2.24) is 24.3 Å². The highest BCUT2D eigenvalue weighted by molar-refractivity contribution is 6.19. The first-order valence-electron chi connectivity index (χ1n) is 12.6. The molecule has 0 spiro atoms. The number of pyridine rings is 2.